The molecule has 1 aromatic carbocycles. The maximum atomic E-state index is 12.0. The van der Waals surface area contributed by atoms with Crippen LogP contribution in [0.5, 0.6) is 0 Å². The third-order valence-corrected chi connectivity index (χ3v) is 4.72. The molecule has 22 heavy (non-hydrogen) atoms. The van der Waals surface area contributed by atoms with Gasteiger partial charge >= 0.3 is 0 Å². The Balaban J connectivity index is 1.52. The lowest BCUT2D eigenvalue weighted by Gasteiger charge is -2.10. The van der Waals surface area contributed by atoms with Crippen LogP contribution >= 0.6 is 11.8 Å². The van der Waals surface area contributed by atoms with Crippen LogP contribution in [0.3, 0.4) is 0 Å². The van der Waals surface area contributed by atoms with E-state index < -0.39 is 0 Å². The van der Waals surface area contributed by atoms with E-state index in [2.05, 4.69) is 33.7 Å². The Bertz CT molecular complexity index is 684. The molecule has 2 aromatic rings. The standard InChI is InChI=1S/C16H19N3O2S/c1-10(16-18-11(2)19-21-16)17-15(20)9-22-14-7-6-12-4-3-5-13(12)8-14/h6-8,10H,3-5,9H2,1-2H3,(H,17,20)/t10-/m1/s1. The Morgan fingerprint density at radius 3 is 3.00 bits per heavy atom. The Hall–Kier alpha value is -1.82. The molecule has 0 saturated heterocycles. The van der Waals surface area contributed by atoms with Gasteiger partial charge in [0.1, 0.15) is 6.04 Å². The van der Waals surface area contributed by atoms with Gasteiger partial charge in [-0.1, -0.05) is 11.2 Å². The molecule has 1 amide bonds. The Morgan fingerprint density at radius 2 is 2.23 bits per heavy atom. The van der Waals surface area contributed by atoms with Gasteiger partial charge in [0.25, 0.3) is 0 Å². The van der Waals surface area contributed by atoms with Crippen LogP contribution in [0.1, 0.15) is 42.2 Å². The average Bonchev–Trinajstić information content (AvgIpc) is 3.13. The van der Waals surface area contributed by atoms with E-state index in [1.807, 2.05) is 6.92 Å². The molecule has 1 atom stereocenters. The molecule has 6 heteroatoms. The Kier molecular flexibility index (Phi) is 4.47. The topological polar surface area (TPSA) is 68.0 Å². The third kappa shape index (κ3) is 3.50. The fourth-order valence-electron chi connectivity index (χ4n) is 2.62. The lowest BCUT2D eigenvalue weighted by molar-refractivity contribution is -0.119. The molecule has 1 aromatic heterocycles. The van der Waals surface area contributed by atoms with E-state index >= 15 is 0 Å². The number of fused-ring (bicyclic) bond motifs is 1. The summed E-state index contributed by atoms with van der Waals surface area (Å²) in [7, 11) is 0. The van der Waals surface area contributed by atoms with Crippen molar-refractivity contribution in [3.05, 3.63) is 41.0 Å². The normalized spacial score (nSPS) is 14.6. The first kappa shape index (κ1) is 15.1. The second-order valence-electron chi connectivity index (χ2n) is 5.54. The van der Waals surface area contributed by atoms with Crippen LogP contribution in [0, 0.1) is 6.92 Å². The highest BCUT2D eigenvalue weighted by Gasteiger charge is 2.16. The molecule has 116 valence electrons. The van der Waals surface area contributed by atoms with E-state index in [0.717, 1.165) is 11.3 Å². The molecule has 0 unspecified atom stereocenters. The first-order valence-corrected chi connectivity index (χ1v) is 8.44. The lowest BCUT2D eigenvalue weighted by Crippen LogP contribution is -2.28. The minimum absolute atomic E-state index is 0.0335. The van der Waals surface area contributed by atoms with E-state index in [1.54, 1.807) is 18.7 Å². The first-order valence-electron chi connectivity index (χ1n) is 7.46. The van der Waals surface area contributed by atoms with Crippen LogP contribution in [-0.4, -0.2) is 21.8 Å². The summed E-state index contributed by atoms with van der Waals surface area (Å²) in [5, 5.41) is 6.61. The van der Waals surface area contributed by atoms with Gasteiger partial charge in [-0.3, -0.25) is 4.79 Å². The maximum absolute atomic E-state index is 12.0. The highest BCUT2D eigenvalue weighted by atomic mass is 32.2. The number of nitrogens with one attached hydrogen (secondary N) is 1. The van der Waals surface area contributed by atoms with Gasteiger partial charge in [-0.25, -0.2) is 0 Å². The molecule has 1 N–H and O–H groups in total. The first-order chi connectivity index (χ1) is 10.6. The summed E-state index contributed by atoms with van der Waals surface area (Å²) < 4.78 is 5.06. The summed E-state index contributed by atoms with van der Waals surface area (Å²) in [4.78, 5) is 17.3. The molecule has 1 aliphatic carbocycles. The van der Waals surface area contributed by atoms with Crippen molar-refractivity contribution in [2.75, 3.05) is 5.75 Å². The van der Waals surface area contributed by atoms with Crippen molar-refractivity contribution in [3.8, 4) is 0 Å². The van der Waals surface area contributed by atoms with Crippen LogP contribution < -0.4 is 5.32 Å². The zero-order valence-corrected chi connectivity index (χ0v) is 13.6. The number of aryl methyl sites for hydroxylation is 3. The van der Waals surface area contributed by atoms with Crippen molar-refractivity contribution >= 4 is 17.7 Å². The fourth-order valence-corrected chi connectivity index (χ4v) is 3.39. The molecule has 1 heterocycles. The predicted molar refractivity (Wildman–Crippen MR) is 84.8 cm³/mol. The molecule has 3 rings (SSSR count). The molecular weight excluding hydrogens is 298 g/mol. The molecule has 0 radical (unpaired) electrons. The summed E-state index contributed by atoms with van der Waals surface area (Å²) in [6, 6.07) is 6.24. The molecule has 5 nitrogen and oxygen atoms in total. The largest absolute Gasteiger partial charge is 0.344 e. The van der Waals surface area contributed by atoms with Crippen molar-refractivity contribution in [1.29, 1.82) is 0 Å². The van der Waals surface area contributed by atoms with Gasteiger partial charge in [0.15, 0.2) is 5.82 Å². The Labute approximate surface area is 133 Å². The number of benzene rings is 1. The number of nitrogens with zero attached hydrogens (tertiary/aromatic N) is 2. The van der Waals surface area contributed by atoms with Crippen molar-refractivity contribution in [1.82, 2.24) is 15.5 Å². The average molecular weight is 317 g/mol. The van der Waals surface area contributed by atoms with E-state index in [-0.39, 0.29) is 11.9 Å². The van der Waals surface area contributed by atoms with Crippen molar-refractivity contribution < 1.29 is 9.32 Å². The molecule has 0 spiro atoms. The maximum Gasteiger partial charge on any atom is 0.248 e. The number of hydrogen-bond donors (Lipinski definition) is 1. The van der Waals surface area contributed by atoms with Gasteiger partial charge in [0.2, 0.25) is 11.8 Å². The SMILES string of the molecule is Cc1noc([C@@H](C)NC(=O)CSc2ccc3c(c2)CCC3)n1. The van der Waals surface area contributed by atoms with Crippen molar-refractivity contribution in [3.63, 3.8) is 0 Å². The smallest absolute Gasteiger partial charge is 0.248 e. The minimum atomic E-state index is -0.269. The molecular formula is C16H19N3O2S. The minimum Gasteiger partial charge on any atom is -0.344 e. The molecule has 0 fully saturated rings. The van der Waals surface area contributed by atoms with Gasteiger partial charge in [-0.05, 0) is 56.4 Å². The molecule has 0 saturated carbocycles. The third-order valence-electron chi connectivity index (χ3n) is 3.73. The number of amides is 1. The van der Waals surface area contributed by atoms with Gasteiger partial charge in [-0.15, -0.1) is 11.8 Å². The highest BCUT2D eigenvalue weighted by molar-refractivity contribution is 8.00. The monoisotopic (exact) mass is 317 g/mol. The molecule has 0 aliphatic heterocycles. The number of thioether (sulfide) groups is 1. The van der Waals surface area contributed by atoms with E-state index in [1.165, 1.54) is 24.0 Å². The summed E-state index contributed by atoms with van der Waals surface area (Å²) in [5.74, 6) is 1.36. The lowest BCUT2D eigenvalue weighted by atomic mass is 10.1. The number of carbonyl (C=O) groups excluding carboxylic acids is 1. The molecule has 1 aliphatic rings. The second kappa shape index (κ2) is 6.52. The zero-order chi connectivity index (χ0) is 15.5. The summed E-state index contributed by atoms with van der Waals surface area (Å²) >= 11 is 1.56. The predicted octanol–water partition coefficient (Wildman–Crippen LogP) is 2.84. The second-order valence-corrected chi connectivity index (χ2v) is 6.59. The number of rotatable bonds is 5. The van der Waals surface area contributed by atoms with Crippen LogP contribution in [0.25, 0.3) is 0 Å². The van der Waals surface area contributed by atoms with Gasteiger partial charge in [0.05, 0.1) is 5.75 Å². The van der Waals surface area contributed by atoms with Crippen molar-refractivity contribution in [2.45, 2.75) is 44.0 Å². The fraction of sp³-hybridized carbons (Fsp3) is 0.438. The van der Waals surface area contributed by atoms with Gasteiger partial charge < -0.3 is 9.84 Å². The number of aromatic nitrogens is 2. The Morgan fingerprint density at radius 1 is 1.41 bits per heavy atom. The van der Waals surface area contributed by atoms with Crippen LogP contribution in [0.15, 0.2) is 27.6 Å². The van der Waals surface area contributed by atoms with E-state index in [0.29, 0.717) is 17.5 Å². The van der Waals surface area contributed by atoms with E-state index in [9.17, 15) is 4.79 Å². The quantitative estimate of drug-likeness (QED) is 0.859. The van der Waals surface area contributed by atoms with E-state index in [4.69, 9.17) is 4.52 Å². The van der Waals surface area contributed by atoms with Crippen LogP contribution in [0.4, 0.5) is 0 Å². The van der Waals surface area contributed by atoms with Crippen LogP contribution in [-0.2, 0) is 17.6 Å². The summed E-state index contributed by atoms with van der Waals surface area (Å²) in [5.41, 5.74) is 2.88. The number of carbonyl (C=O) groups is 1. The summed E-state index contributed by atoms with van der Waals surface area (Å²) in [6.07, 6.45) is 3.58. The van der Waals surface area contributed by atoms with Crippen LogP contribution in [0.2, 0.25) is 0 Å². The summed E-state index contributed by atoms with van der Waals surface area (Å²) in [6.45, 7) is 3.59. The van der Waals surface area contributed by atoms with Gasteiger partial charge in [0, 0.05) is 4.90 Å². The van der Waals surface area contributed by atoms with Gasteiger partial charge in [-0.2, -0.15) is 4.98 Å². The highest BCUT2D eigenvalue weighted by Crippen LogP contribution is 2.27. The molecule has 0 bridgehead atoms. The number of hydrogen-bond acceptors (Lipinski definition) is 5. The van der Waals surface area contributed by atoms with Crippen molar-refractivity contribution in [2.24, 2.45) is 0 Å². The zero-order valence-electron chi connectivity index (χ0n) is 12.8.